The van der Waals surface area contributed by atoms with E-state index < -0.39 is 6.10 Å². The van der Waals surface area contributed by atoms with Crippen molar-refractivity contribution in [2.75, 3.05) is 13.2 Å². The Kier molecular flexibility index (Phi) is 62.8. The van der Waals surface area contributed by atoms with E-state index in [0.29, 0.717) is 19.3 Å². The highest BCUT2D eigenvalue weighted by atomic mass is 16.6. The van der Waals surface area contributed by atoms with Gasteiger partial charge < -0.3 is 14.2 Å². The Hall–Kier alpha value is -4.19. The van der Waals surface area contributed by atoms with Gasteiger partial charge in [0.1, 0.15) is 13.2 Å². The SMILES string of the molecule is CC/C=C\C/C=C\C/C=C\C/C=C\CCCCCCCCCCCCCCCCCCC(=O)OCC(COC(=O)CCCC/C=C\C/C=C\C/C=C\C/C=C\CC)OC(=O)CCCCCCCCC/C=C\C/C=C\CCCCC. The molecule has 1 atom stereocenters. The Labute approximate surface area is 488 Å². The molecule has 0 aromatic heterocycles. The molecule has 0 aromatic rings. The topological polar surface area (TPSA) is 78.9 Å². The maximum Gasteiger partial charge on any atom is 0.306 e. The molecule has 0 radical (unpaired) electrons. The van der Waals surface area contributed by atoms with Crippen LogP contribution < -0.4 is 0 Å². The quantitative estimate of drug-likeness (QED) is 0.0261. The summed E-state index contributed by atoms with van der Waals surface area (Å²) in [5.74, 6) is -0.939. The number of carbonyl (C=O) groups excluding carboxylic acids is 3. The van der Waals surface area contributed by atoms with Crippen molar-refractivity contribution in [1.82, 2.24) is 0 Å². The van der Waals surface area contributed by atoms with Crippen LogP contribution >= 0.6 is 0 Å². The summed E-state index contributed by atoms with van der Waals surface area (Å²) in [5.41, 5.74) is 0. The molecule has 0 saturated carbocycles. The minimum absolute atomic E-state index is 0.0949. The number of ether oxygens (including phenoxy) is 3. The molecule has 6 heteroatoms. The van der Waals surface area contributed by atoms with Gasteiger partial charge in [-0.15, -0.1) is 0 Å². The molecule has 0 aromatic carbocycles. The second kappa shape index (κ2) is 66.3. The molecule has 0 aliphatic carbocycles. The van der Waals surface area contributed by atoms with Crippen molar-refractivity contribution < 1.29 is 28.6 Å². The third-order valence-electron chi connectivity index (χ3n) is 13.9. The molecule has 0 aliphatic rings. The van der Waals surface area contributed by atoms with E-state index in [1.165, 1.54) is 141 Å². The molecule has 1 unspecified atom stereocenters. The van der Waals surface area contributed by atoms with Gasteiger partial charge in [-0.2, -0.15) is 0 Å². The van der Waals surface area contributed by atoms with Crippen molar-refractivity contribution >= 4 is 17.9 Å². The van der Waals surface area contributed by atoms with Crippen LogP contribution in [0.1, 0.15) is 303 Å². The van der Waals surface area contributed by atoms with E-state index in [-0.39, 0.29) is 31.1 Å². The first-order chi connectivity index (χ1) is 39.0. The fourth-order valence-corrected chi connectivity index (χ4v) is 9.04. The number of hydrogen-bond donors (Lipinski definition) is 0. The third kappa shape index (κ3) is 64.5. The average Bonchev–Trinajstić information content (AvgIpc) is 3.45. The van der Waals surface area contributed by atoms with Crippen LogP contribution in [-0.2, 0) is 28.6 Å². The Bertz CT molecular complexity index is 1640. The van der Waals surface area contributed by atoms with Gasteiger partial charge in [-0.3, -0.25) is 14.4 Å². The van der Waals surface area contributed by atoms with Gasteiger partial charge in [0.25, 0.3) is 0 Å². The molecule has 0 amide bonds. The molecule has 0 fully saturated rings. The summed E-state index contributed by atoms with van der Waals surface area (Å²) in [6.07, 6.45) is 92.2. The first kappa shape index (κ1) is 74.8. The molecule has 0 saturated heterocycles. The standard InChI is InChI=1S/C73H122O6/c1-4-7-10-13-16-19-22-25-28-30-31-32-33-34-35-36-37-38-39-40-41-43-45-48-51-54-57-60-63-66-72(75)78-69-70(68-77-71(74)65-62-59-56-53-50-47-44-27-24-21-18-15-12-9-6-3)79-73(76)67-64-61-58-55-52-49-46-42-29-26-23-20-17-14-11-8-5-2/h7,9-10,12,16-21,25-29,31-32,44,50,53,70H,4-6,8,11,13-15,22-24,30,33-43,45-49,51-52,54-69H2,1-3H3/b10-7-,12-9-,19-16-,20-17-,21-18-,28-25-,29-26-,32-31-,44-27-,53-50-. The molecule has 0 spiro atoms. The summed E-state index contributed by atoms with van der Waals surface area (Å²) in [5, 5.41) is 0. The van der Waals surface area contributed by atoms with Gasteiger partial charge in [-0.05, 0) is 128 Å². The summed E-state index contributed by atoms with van der Waals surface area (Å²) in [6.45, 7) is 6.37. The number of carbonyl (C=O) groups is 3. The van der Waals surface area contributed by atoms with Gasteiger partial charge in [-0.25, -0.2) is 0 Å². The third-order valence-corrected chi connectivity index (χ3v) is 13.9. The van der Waals surface area contributed by atoms with E-state index in [9.17, 15) is 14.4 Å². The predicted molar refractivity (Wildman–Crippen MR) is 343 cm³/mol. The number of hydrogen-bond acceptors (Lipinski definition) is 6. The molecule has 0 N–H and O–H groups in total. The average molecular weight is 1100 g/mol. The molecule has 6 nitrogen and oxygen atoms in total. The predicted octanol–water partition coefficient (Wildman–Crippen LogP) is 22.8. The smallest absolute Gasteiger partial charge is 0.306 e. The van der Waals surface area contributed by atoms with Crippen LogP contribution in [0.3, 0.4) is 0 Å². The van der Waals surface area contributed by atoms with Crippen molar-refractivity contribution in [2.24, 2.45) is 0 Å². The van der Waals surface area contributed by atoms with Crippen molar-refractivity contribution in [2.45, 2.75) is 309 Å². The van der Waals surface area contributed by atoms with E-state index in [1.807, 2.05) is 0 Å². The van der Waals surface area contributed by atoms with Crippen LogP contribution in [0.25, 0.3) is 0 Å². The van der Waals surface area contributed by atoms with Crippen LogP contribution in [-0.4, -0.2) is 37.2 Å². The zero-order chi connectivity index (χ0) is 57.1. The molecule has 79 heavy (non-hydrogen) atoms. The summed E-state index contributed by atoms with van der Waals surface area (Å²) < 4.78 is 16.9. The highest BCUT2D eigenvalue weighted by Gasteiger charge is 2.19. The normalized spacial score (nSPS) is 12.9. The fourth-order valence-electron chi connectivity index (χ4n) is 9.04. The second-order valence-corrected chi connectivity index (χ2v) is 21.6. The van der Waals surface area contributed by atoms with Gasteiger partial charge in [0.05, 0.1) is 0 Å². The van der Waals surface area contributed by atoms with Crippen LogP contribution in [0.4, 0.5) is 0 Å². The van der Waals surface area contributed by atoms with E-state index in [2.05, 4.69) is 142 Å². The van der Waals surface area contributed by atoms with Crippen molar-refractivity contribution in [3.05, 3.63) is 122 Å². The van der Waals surface area contributed by atoms with Crippen LogP contribution in [0.5, 0.6) is 0 Å². The monoisotopic (exact) mass is 1090 g/mol. The largest absolute Gasteiger partial charge is 0.462 e. The zero-order valence-electron chi connectivity index (χ0n) is 51.6. The van der Waals surface area contributed by atoms with Crippen LogP contribution in [0.15, 0.2) is 122 Å². The van der Waals surface area contributed by atoms with Gasteiger partial charge in [0, 0.05) is 19.3 Å². The molecule has 450 valence electrons. The molecular formula is C73H122O6. The summed E-state index contributed by atoms with van der Waals surface area (Å²) in [6, 6.07) is 0. The van der Waals surface area contributed by atoms with Crippen molar-refractivity contribution in [3.8, 4) is 0 Å². The van der Waals surface area contributed by atoms with E-state index in [1.54, 1.807) is 0 Å². The van der Waals surface area contributed by atoms with Crippen LogP contribution in [0, 0.1) is 0 Å². The van der Waals surface area contributed by atoms with E-state index >= 15 is 0 Å². The molecule has 0 heterocycles. The minimum Gasteiger partial charge on any atom is -0.462 e. The number of allylic oxidation sites excluding steroid dienone is 20. The van der Waals surface area contributed by atoms with Gasteiger partial charge in [0.15, 0.2) is 6.10 Å². The summed E-state index contributed by atoms with van der Waals surface area (Å²) >= 11 is 0. The highest BCUT2D eigenvalue weighted by Crippen LogP contribution is 2.16. The number of esters is 3. The highest BCUT2D eigenvalue weighted by molar-refractivity contribution is 5.71. The number of rotatable bonds is 59. The lowest BCUT2D eigenvalue weighted by atomic mass is 10.0. The van der Waals surface area contributed by atoms with Crippen molar-refractivity contribution in [3.63, 3.8) is 0 Å². The maximum absolute atomic E-state index is 12.9. The maximum atomic E-state index is 12.9. The lowest BCUT2D eigenvalue weighted by Crippen LogP contribution is -2.30. The first-order valence-corrected chi connectivity index (χ1v) is 33.0. The second-order valence-electron chi connectivity index (χ2n) is 21.6. The Morgan fingerprint density at radius 3 is 0.797 bits per heavy atom. The summed E-state index contributed by atoms with van der Waals surface area (Å²) in [4.78, 5) is 38.3. The van der Waals surface area contributed by atoms with Gasteiger partial charge >= 0.3 is 17.9 Å². The summed E-state index contributed by atoms with van der Waals surface area (Å²) in [7, 11) is 0. The fraction of sp³-hybridized carbons (Fsp3) is 0.685. The van der Waals surface area contributed by atoms with E-state index in [0.717, 1.165) is 122 Å². The minimum atomic E-state index is -0.802. The Morgan fingerprint density at radius 2 is 0.494 bits per heavy atom. The van der Waals surface area contributed by atoms with E-state index in [4.69, 9.17) is 14.2 Å². The number of unbranched alkanes of at least 4 members (excludes halogenated alkanes) is 28. The molecule has 0 rings (SSSR count). The lowest BCUT2D eigenvalue weighted by molar-refractivity contribution is -0.167. The Morgan fingerprint density at radius 1 is 0.266 bits per heavy atom. The van der Waals surface area contributed by atoms with Crippen LogP contribution in [0.2, 0.25) is 0 Å². The lowest BCUT2D eigenvalue weighted by Gasteiger charge is -2.18. The van der Waals surface area contributed by atoms with Gasteiger partial charge in [-0.1, -0.05) is 277 Å². The molecule has 0 bridgehead atoms. The Balaban J connectivity index is 4.30. The molecule has 0 aliphatic heterocycles. The first-order valence-electron chi connectivity index (χ1n) is 33.0. The zero-order valence-corrected chi connectivity index (χ0v) is 51.6. The molecular weight excluding hydrogens is 973 g/mol. The van der Waals surface area contributed by atoms with Crippen molar-refractivity contribution in [1.29, 1.82) is 0 Å². The van der Waals surface area contributed by atoms with Gasteiger partial charge in [0.2, 0.25) is 0 Å².